The minimum Gasteiger partial charge on any atom is -0.384 e. The molecule has 6 amide bonds. The predicted octanol–water partition coefficient (Wildman–Crippen LogP) is 0.991. The highest BCUT2D eigenvalue weighted by atomic mass is 32.2. The summed E-state index contributed by atoms with van der Waals surface area (Å²) in [5.41, 5.74) is 4.48. The van der Waals surface area contributed by atoms with Crippen molar-refractivity contribution in [1.82, 2.24) is 41.2 Å². The third-order valence-electron chi connectivity index (χ3n) is 10.8. The lowest BCUT2D eigenvalue weighted by Gasteiger charge is -2.32. The number of urea groups is 1. The zero-order chi connectivity index (χ0) is 41.5. The largest absolute Gasteiger partial charge is 0.384 e. The predicted molar refractivity (Wildman–Crippen MR) is 206 cm³/mol. The summed E-state index contributed by atoms with van der Waals surface area (Å²) in [5.74, 6) is -4.03. The second-order valence-corrected chi connectivity index (χ2v) is 18.1. The number of aliphatic hydroxyl groups is 1. The Morgan fingerprint density at radius 3 is 2.26 bits per heavy atom. The lowest BCUT2D eigenvalue weighted by Crippen LogP contribution is -2.56. The van der Waals surface area contributed by atoms with Crippen LogP contribution in [0.25, 0.3) is 0 Å². The molecule has 2 heterocycles. The van der Waals surface area contributed by atoms with Crippen molar-refractivity contribution < 1.29 is 42.3 Å². The first-order chi connectivity index (χ1) is 26.9. The number of aromatic nitrogens is 3. The molecule has 2 aromatic rings. The monoisotopic (exact) mass is 813 g/mol. The van der Waals surface area contributed by atoms with Crippen molar-refractivity contribution in [1.29, 1.82) is 0 Å². The standard InChI is InChI=1S/C38H55N9O9S/c1-38(2,54)31-21-41-45-47(31)26-20-30(35(51)43-28(32(48)33(39)49)11-7-8-18-40-37(53)42-25-14-15-25)46(22-26)36(52)29(19-23-9-5-4-6-10-23)44-34(50)24-12-16-27(17-13-24)57(3,55)56/h12-13,16-17,21,23,25-26,28-30,54H,4-11,14-15,18-20,22H2,1-3H3,(H2,39,49)(H,43,51)(H,44,50)(H2,40,42,53)/t26?,28?,29-,30?/m1/s1. The lowest BCUT2D eigenvalue weighted by atomic mass is 9.84. The fourth-order valence-electron chi connectivity index (χ4n) is 7.56. The van der Waals surface area contributed by atoms with Gasteiger partial charge in [0.25, 0.3) is 11.8 Å². The molecule has 3 aliphatic rings. The molecule has 1 saturated heterocycles. The number of ketones is 1. The molecule has 18 nitrogen and oxygen atoms in total. The molecule has 1 aromatic heterocycles. The molecule has 2 saturated carbocycles. The number of amides is 6. The number of benzene rings is 1. The lowest BCUT2D eigenvalue weighted by molar-refractivity contribution is -0.142. The molecule has 0 bridgehead atoms. The number of Topliss-reactive ketones (excluding diaryl/α,β-unsaturated/α-hetero) is 1. The molecule has 0 spiro atoms. The van der Waals surface area contributed by atoms with E-state index in [-0.39, 0.29) is 54.3 Å². The maximum absolute atomic E-state index is 14.8. The smallest absolute Gasteiger partial charge is 0.315 e. The van der Waals surface area contributed by atoms with Crippen LogP contribution < -0.4 is 27.0 Å². The summed E-state index contributed by atoms with van der Waals surface area (Å²) in [6.07, 6.45) is 10.1. The van der Waals surface area contributed by atoms with Crippen LogP contribution >= 0.6 is 0 Å². The third-order valence-corrected chi connectivity index (χ3v) is 12.0. The molecule has 5 rings (SSSR count). The minimum atomic E-state index is -3.52. The number of hydrogen-bond acceptors (Lipinski definition) is 11. The van der Waals surface area contributed by atoms with E-state index in [1.807, 2.05) is 0 Å². The van der Waals surface area contributed by atoms with Crippen molar-refractivity contribution in [3.8, 4) is 0 Å². The van der Waals surface area contributed by atoms with E-state index in [9.17, 15) is 42.3 Å². The summed E-state index contributed by atoms with van der Waals surface area (Å²) in [5, 5.41) is 30.1. The van der Waals surface area contributed by atoms with Crippen molar-refractivity contribution in [2.24, 2.45) is 11.7 Å². The summed E-state index contributed by atoms with van der Waals surface area (Å²) in [6.45, 7) is 3.34. The van der Waals surface area contributed by atoms with Crippen LogP contribution in [-0.4, -0.2) is 112 Å². The van der Waals surface area contributed by atoms with E-state index in [0.29, 0.717) is 25.1 Å². The number of carbonyl (C=O) groups is 6. The van der Waals surface area contributed by atoms with Crippen molar-refractivity contribution >= 4 is 45.3 Å². The Bertz CT molecular complexity index is 1900. The van der Waals surface area contributed by atoms with Gasteiger partial charge in [0.15, 0.2) is 9.84 Å². The average molecular weight is 814 g/mol. The minimum absolute atomic E-state index is 0.00142. The number of sulfone groups is 1. The van der Waals surface area contributed by atoms with E-state index >= 15 is 0 Å². The molecule has 0 radical (unpaired) electrons. The van der Waals surface area contributed by atoms with Crippen LogP contribution in [0.5, 0.6) is 0 Å². The number of hydrogen-bond donors (Lipinski definition) is 6. The van der Waals surface area contributed by atoms with Gasteiger partial charge >= 0.3 is 6.03 Å². The SMILES string of the molecule is CC(C)(O)c1cnnn1C1CC(C(=O)NC(CCCCNC(=O)NC2CC2)C(=O)C(N)=O)N(C(=O)[C@@H](CC2CCCCC2)NC(=O)c2ccc(S(C)(=O)=O)cc2)C1. The maximum atomic E-state index is 14.8. The Balaban J connectivity index is 1.38. The number of nitrogens with zero attached hydrogens (tertiary/aromatic N) is 4. The van der Waals surface area contributed by atoms with Crippen molar-refractivity contribution in [3.05, 3.63) is 41.7 Å². The molecule has 312 valence electrons. The number of nitrogens with two attached hydrogens (primary N) is 1. The van der Waals surface area contributed by atoms with Gasteiger partial charge in [0.1, 0.15) is 17.7 Å². The Hall–Kier alpha value is -4.91. The second kappa shape index (κ2) is 18.6. The second-order valence-electron chi connectivity index (χ2n) is 16.0. The molecule has 4 atom stereocenters. The van der Waals surface area contributed by atoms with E-state index in [4.69, 9.17) is 5.73 Å². The molecule has 2 aliphatic carbocycles. The molecule has 7 N–H and O–H groups in total. The summed E-state index contributed by atoms with van der Waals surface area (Å²) >= 11 is 0. The fraction of sp³-hybridized carbons (Fsp3) is 0.632. The Labute approximate surface area is 332 Å². The van der Waals surface area contributed by atoms with Gasteiger partial charge in [-0.1, -0.05) is 37.3 Å². The van der Waals surface area contributed by atoms with Crippen molar-refractivity contribution in [2.45, 2.75) is 132 Å². The zero-order valence-electron chi connectivity index (χ0n) is 32.7. The highest BCUT2D eigenvalue weighted by molar-refractivity contribution is 7.90. The number of unbranched alkanes of at least 4 members (excludes halogenated alkanes) is 1. The molecular formula is C38H55N9O9S. The molecule has 1 aromatic carbocycles. The van der Waals surface area contributed by atoms with Gasteiger partial charge in [-0.25, -0.2) is 17.9 Å². The number of likely N-dealkylation sites (tertiary alicyclic amines) is 1. The molecule has 19 heteroatoms. The first-order valence-corrected chi connectivity index (χ1v) is 21.5. The molecule has 3 unspecified atom stereocenters. The van der Waals surface area contributed by atoms with E-state index in [2.05, 4.69) is 31.6 Å². The quantitative estimate of drug-likeness (QED) is 0.0913. The van der Waals surface area contributed by atoms with E-state index in [1.165, 1.54) is 40.0 Å². The van der Waals surface area contributed by atoms with Crippen LogP contribution in [0, 0.1) is 5.92 Å². The number of primary amides is 1. The van der Waals surface area contributed by atoms with Gasteiger partial charge in [-0.05, 0) is 82.6 Å². The van der Waals surface area contributed by atoms with Gasteiger partial charge in [0.2, 0.25) is 17.6 Å². The Morgan fingerprint density at radius 1 is 0.965 bits per heavy atom. The van der Waals surface area contributed by atoms with Crippen LogP contribution in [0.2, 0.25) is 0 Å². The van der Waals surface area contributed by atoms with Gasteiger partial charge in [-0.2, -0.15) is 0 Å². The first kappa shape index (κ1) is 43.2. The number of nitrogens with one attached hydrogen (secondary N) is 4. The summed E-state index contributed by atoms with van der Waals surface area (Å²) < 4.78 is 25.5. The summed E-state index contributed by atoms with van der Waals surface area (Å²) in [7, 11) is -3.52. The summed E-state index contributed by atoms with van der Waals surface area (Å²) in [4.78, 5) is 81.1. The molecule has 57 heavy (non-hydrogen) atoms. The van der Waals surface area contributed by atoms with E-state index < -0.39 is 69.0 Å². The van der Waals surface area contributed by atoms with E-state index in [1.54, 1.807) is 13.8 Å². The molecule has 1 aliphatic heterocycles. The van der Waals surface area contributed by atoms with Crippen molar-refractivity contribution in [3.63, 3.8) is 0 Å². The van der Waals surface area contributed by atoms with Crippen LogP contribution in [0.15, 0.2) is 35.4 Å². The van der Waals surface area contributed by atoms with Gasteiger partial charge < -0.3 is 37.0 Å². The first-order valence-electron chi connectivity index (χ1n) is 19.6. The van der Waals surface area contributed by atoms with Gasteiger partial charge in [-0.15, -0.1) is 5.10 Å². The van der Waals surface area contributed by atoms with Gasteiger partial charge in [-0.3, -0.25) is 24.0 Å². The number of carbonyl (C=O) groups excluding carboxylic acids is 6. The summed E-state index contributed by atoms with van der Waals surface area (Å²) in [6, 6.07) is 1.03. The van der Waals surface area contributed by atoms with Crippen LogP contribution in [0.1, 0.15) is 113 Å². The average Bonchev–Trinajstić information content (AvgIpc) is 3.61. The zero-order valence-corrected chi connectivity index (χ0v) is 33.6. The normalized spacial score (nSPS) is 20.0. The molecule has 3 fully saturated rings. The van der Waals surface area contributed by atoms with Gasteiger partial charge in [0.05, 0.1) is 28.9 Å². The van der Waals surface area contributed by atoms with Crippen LogP contribution in [0.3, 0.4) is 0 Å². The molecular weight excluding hydrogens is 759 g/mol. The fourth-order valence-corrected chi connectivity index (χ4v) is 8.19. The van der Waals surface area contributed by atoms with Crippen molar-refractivity contribution in [2.75, 3.05) is 19.3 Å². The highest BCUT2D eigenvalue weighted by Crippen LogP contribution is 2.33. The Kier molecular flexibility index (Phi) is 14.1. The highest BCUT2D eigenvalue weighted by Gasteiger charge is 2.45. The van der Waals surface area contributed by atoms with Gasteiger partial charge in [0, 0.05) is 37.4 Å². The number of rotatable bonds is 18. The maximum Gasteiger partial charge on any atom is 0.315 e. The Morgan fingerprint density at radius 2 is 1.65 bits per heavy atom. The van der Waals surface area contributed by atoms with Crippen LogP contribution in [-0.2, 0) is 34.6 Å². The third kappa shape index (κ3) is 11.8. The van der Waals surface area contributed by atoms with E-state index in [0.717, 1.165) is 51.2 Å². The van der Waals surface area contributed by atoms with Crippen LogP contribution in [0.4, 0.5) is 4.79 Å². The topological polar surface area (TPSA) is 265 Å².